The molecule has 47 heavy (non-hydrogen) atoms. The third kappa shape index (κ3) is 5.26. The van der Waals surface area contributed by atoms with Gasteiger partial charge in [0.15, 0.2) is 0 Å². The van der Waals surface area contributed by atoms with Gasteiger partial charge in [-0.15, -0.1) is 0 Å². The maximum absolute atomic E-state index is 2.62. The van der Waals surface area contributed by atoms with Gasteiger partial charge in [-0.25, -0.2) is 0 Å². The van der Waals surface area contributed by atoms with E-state index in [9.17, 15) is 0 Å². The molecule has 1 aliphatic rings. The van der Waals surface area contributed by atoms with Crippen molar-refractivity contribution in [3.63, 3.8) is 0 Å². The summed E-state index contributed by atoms with van der Waals surface area (Å²) < 4.78 is 0. The number of hydrogen-bond donors (Lipinski definition) is 0. The Bertz CT molecular complexity index is 2000. The Balaban J connectivity index is 1.70. The van der Waals surface area contributed by atoms with E-state index in [1.807, 2.05) is 0 Å². The van der Waals surface area contributed by atoms with Crippen molar-refractivity contribution in [3.8, 4) is 0 Å². The molecule has 0 fully saturated rings. The van der Waals surface area contributed by atoms with Gasteiger partial charge in [0, 0.05) is 0 Å². The molecule has 7 rings (SSSR count). The summed E-state index contributed by atoms with van der Waals surface area (Å²) in [6.07, 6.45) is 0. The van der Waals surface area contributed by atoms with Gasteiger partial charge in [0.25, 0.3) is 0 Å². The molecule has 0 radical (unpaired) electrons. The van der Waals surface area contributed by atoms with Gasteiger partial charge in [-0.05, 0) is 0 Å². The summed E-state index contributed by atoms with van der Waals surface area (Å²) in [6.45, 7) is 16.9. The molecule has 0 N–H and O–H groups in total. The van der Waals surface area contributed by atoms with Crippen molar-refractivity contribution in [2.75, 3.05) is 30.6 Å². The fraction of sp³-hybridized carbons (Fsp3) is 0.256. The zero-order chi connectivity index (χ0) is 33.2. The van der Waals surface area contributed by atoms with Crippen LogP contribution in [0.3, 0.4) is 0 Å². The van der Waals surface area contributed by atoms with Crippen LogP contribution in [0.5, 0.6) is 0 Å². The van der Waals surface area contributed by atoms with Gasteiger partial charge in [-0.3, -0.25) is 0 Å². The van der Waals surface area contributed by atoms with Crippen LogP contribution in [0.2, 0.25) is 0 Å². The second kappa shape index (κ2) is 12.1. The molecular weight excluding hydrogens is 606 g/mol. The van der Waals surface area contributed by atoms with Crippen LogP contribution in [-0.2, 0) is 0 Å². The minimum atomic E-state index is -2.43. The Hall–Kier alpha value is -3.70. The molecule has 0 saturated heterocycles. The van der Waals surface area contributed by atoms with Crippen LogP contribution in [0.1, 0.15) is 38.8 Å². The fourth-order valence-electron chi connectivity index (χ4n) is 7.78. The number of fused-ring (bicyclic) bond motifs is 6. The first-order valence-corrected chi connectivity index (χ1v) is 21.0. The van der Waals surface area contributed by atoms with Crippen LogP contribution in [-0.4, -0.2) is 32.1 Å². The zero-order valence-corrected chi connectivity index (χ0v) is 31.3. The molecule has 0 spiro atoms. The van der Waals surface area contributed by atoms with Gasteiger partial charge >= 0.3 is 284 Å². The summed E-state index contributed by atoms with van der Waals surface area (Å²) in [5.74, 6) is 0. The Morgan fingerprint density at radius 1 is 0.511 bits per heavy atom. The van der Waals surface area contributed by atoms with E-state index in [4.69, 9.17) is 0 Å². The summed E-state index contributed by atoms with van der Waals surface area (Å²) in [6, 6.07) is 42.3. The van der Waals surface area contributed by atoms with Crippen molar-refractivity contribution in [3.05, 3.63) is 120 Å². The molecule has 0 saturated carbocycles. The van der Waals surface area contributed by atoms with Crippen molar-refractivity contribution in [1.82, 2.24) is 0 Å². The van der Waals surface area contributed by atoms with E-state index < -0.39 is 15.2 Å². The molecule has 0 bridgehead atoms. The summed E-state index contributed by atoms with van der Waals surface area (Å²) in [7, 11) is 1.51. The maximum atomic E-state index is 2.62. The quantitative estimate of drug-likeness (QED) is 0.172. The van der Waals surface area contributed by atoms with Crippen LogP contribution in [0, 0.1) is 13.8 Å². The molecule has 6 aromatic carbocycles. The second-order valence-electron chi connectivity index (χ2n) is 14.4. The van der Waals surface area contributed by atoms with E-state index >= 15 is 0 Å². The first kappa shape index (κ1) is 31.9. The van der Waals surface area contributed by atoms with Crippen molar-refractivity contribution in [1.29, 1.82) is 0 Å². The average Bonchev–Trinajstić information content (AvgIpc) is 3.06. The fourth-order valence-corrected chi connectivity index (χ4v) is 14.8. The van der Waals surface area contributed by atoms with Crippen molar-refractivity contribution < 1.29 is 0 Å². The number of anilines is 4. The molecule has 240 valence electrons. The third-order valence-electron chi connectivity index (χ3n) is 10.7. The van der Waals surface area contributed by atoms with Gasteiger partial charge in [0.2, 0.25) is 0 Å². The number of benzene rings is 6. The molecule has 6 aromatic rings. The number of aryl methyl sites for hydroxylation is 2. The van der Waals surface area contributed by atoms with Crippen molar-refractivity contribution >= 4 is 80.7 Å². The first-order chi connectivity index (χ1) is 22.5. The molecule has 0 atom stereocenters. The Morgan fingerprint density at radius 3 is 1.26 bits per heavy atom. The van der Waals surface area contributed by atoms with Crippen LogP contribution in [0.15, 0.2) is 109 Å². The minimum absolute atomic E-state index is 0.454. The summed E-state index contributed by atoms with van der Waals surface area (Å²) in [5.41, 5.74) is 8.86. The summed E-state index contributed by atoms with van der Waals surface area (Å²) in [4.78, 5) is 5.09. The molecule has 0 amide bonds. The van der Waals surface area contributed by atoms with Gasteiger partial charge in [0.1, 0.15) is 0 Å². The van der Waals surface area contributed by atoms with E-state index in [2.05, 4.69) is 181 Å². The van der Waals surface area contributed by atoms with Crippen molar-refractivity contribution in [2.24, 2.45) is 0 Å². The summed E-state index contributed by atoms with van der Waals surface area (Å²) >= 11 is 0. The Labute approximate surface area is 283 Å². The number of hydrogen-bond acceptors (Lipinski definition) is 2. The SMILES string of the molecule is Cc1ccc2c(c1)P(C(C)C)c1cc(C)ccc1N(C)c1cc3ccccc3cc1[PH](C)(C(C)C)c1cc3ccccc3cc1N2C. The van der Waals surface area contributed by atoms with Crippen LogP contribution < -0.4 is 31.0 Å². The monoisotopic (exact) mass is 654 g/mol. The second-order valence-corrected chi connectivity index (χ2v) is 21.7. The molecule has 1 aliphatic heterocycles. The molecule has 0 aromatic heterocycles. The molecule has 2 nitrogen and oxygen atoms in total. The molecular formula is C43H48N2P2. The number of nitrogens with zero attached hydrogens (tertiary/aromatic N) is 2. The van der Waals surface area contributed by atoms with Gasteiger partial charge in [-0.2, -0.15) is 0 Å². The van der Waals surface area contributed by atoms with E-state index in [0.29, 0.717) is 11.3 Å². The predicted octanol–water partition coefficient (Wildman–Crippen LogP) is 10.0. The van der Waals surface area contributed by atoms with Crippen molar-refractivity contribution in [2.45, 2.75) is 52.9 Å². The Morgan fingerprint density at radius 2 is 0.894 bits per heavy atom. The molecule has 1 heterocycles. The summed E-state index contributed by atoms with van der Waals surface area (Å²) in [5, 5.41) is 11.1. The topological polar surface area (TPSA) is 6.48 Å². The normalized spacial score (nSPS) is 16.7. The van der Waals surface area contributed by atoms with Crippen LogP contribution in [0.25, 0.3) is 21.5 Å². The van der Waals surface area contributed by atoms with E-state index in [-0.39, 0.29) is 0 Å². The molecule has 0 aliphatic carbocycles. The predicted molar refractivity (Wildman–Crippen MR) is 216 cm³/mol. The number of rotatable bonds is 2. The van der Waals surface area contributed by atoms with Gasteiger partial charge in [0.05, 0.1) is 0 Å². The van der Waals surface area contributed by atoms with E-state index in [1.54, 1.807) is 0 Å². The third-order valence-corrected chi connectivity index (χ3v) is 18.9. The zero-order valence-electron chi connectivity index (χ0n) is 29.4. The first-order valence-electron chi connectivity index (χ1n) is 17.0. The molecule has 0 unspecified atom stereocenters. The van der Waals surface area contributed by atoms with Crippen LogP contribution >= 0.6 is 15.2 Å². The van der Waals surface area contributed by atoms with E-state index in [1.165, 1.54) is 76.6 Å². The van der Waals surface area contributed by atoms with Gasteiger partial charge < -0.3 is 0 Å². The standard InChI is InChI=1S/C43H48N2P2/c1-28(2)46-40-22-30(5)18-20-36(40)44(7)38-24-32-14-10-12-16-34(32)26-42(38)47(9,29(3)4)43-27-35-17-13-11-15-33(35)25-39(43)45(8)37-21-19-31(6)23-41(37)46/h10-29,47H,1-9H3. The average molecular weight is 655 g/mol. The van der Waals surface area contributed by atoms with Crippen LogP contribution in [0.4, 0.5) is 22.7 Å². The van der Waals surface area contributed by atoms with Gasteiger partial charge in [-0.1, -0.05) is 0 Å². The van der Waals surface area contributed by atoms with E-state index in [0.717, 1.165) is 0 Å². The molecule has 4 heteroatoms. The Kier molecular flexibility index (Phi) is 8.19.